The molecule has 0 atom stereocenters. The summed E-state index contributed by atoms with van der Waals surface area (Å²) in [5.41, 5.74) is 10.6. The van der Waals surface area contributed by atoms with Crippen LogP contribution < -0.4 is 5.73 Å². The van der Waals surface area contributed by atoms with E-state index in [1.165, 1.54) is 0 Å². The van der Waals surface area contributed by atoms with E-state index in [0.717, 1.165) is 22.3 Å². The summed E-state index contributed by atoms with van der Waals surface area (Å²) in [5.74, 6) is 1.05. The van der Waals surface area contributed by atoms with Crippen molar-refractivity contribution in [2.45, 2.75) is 6.61 Å². The maximum absolute atomic E-state index is 9.29. The van der Waals surface area contributed by atoms with E-state index in [-0.39, 0.29) is 6.61 Å². The van der Waals surface area contributed by atoms with Gasteiger partial charge in [0.25, 0.3) is 0 Å². The molecule has 2 aromatic carbocycles. The molecule has 4 rings (SSSR count). The summed E-state index contributed by atoms with van der Waals surface area (Å²) in [6.45, 7) is 7.21. The van der Waals surface area contributed by atoms with Gasteiger partial charge in [-0.05, 0) is 42.0 Å². The van der Waals surface area contributed by atoms with Gasteiger partial charge >= 0.3 is 0 Å². The third-order valence-corrected chi connectivity index (χ3v) is 4.22. The number of aliphatic hydroxyl groups excluding tert-OH is 1. The number of nitrogens with zero attached hydrogens (tertiary/aromatic N) is 4. The average Bonchev–Trinajstić information content (AvgIpc) is 3.06. The van der Waals surface area contributed by atoms with E-state index in [1.54, 1.807) is 18.3 Å². The van der Waals surface area contributed by atoms with Gasteiger partial charge in [0.05, 0.1) is 29.8 Å². The highest BCUT2D eigenvalue weighted by atomic mass is 16.3. The van der Waals surface area contributed by atoms with Crippen molar-refractivity contribution in [1.29, 1.82) is 0 Å². The second kappa shape index (κ2) is 6.31. The van der Waals surface area contributed by atoms with Crippen molar-refractivity contribution in [2.24, 2.45) is 0 Å². The topological polar surface area (TPSA) is 81.3 Å². The van der Waals surface area contributed by atoms with Crippen molar-refractivity contribution in [1.82, 2.24) is 14.5 Å². The first-order valence-corrected chi connectivity index (χ1v) is 8.02. The van der Waals surface area contributed by atoms with Crippen molar-refractivity contribution in [2.75, 3.05) is 5.73 Å². The molecular formula is C20H15N5O. The minimum absolute atomic E-state index is 0.0122. The molecule has 2 aromatic heterocycles. The predicted molar refractivity (Wildman–Crippen MR) is 101 cm³/mol. The lowest BCUT2D eigenvalue weighted by Crippen LogP contribution is -2.01. The van der Waals surface area contributed by atoms with E-state index in [4.69, 9.17) is 17.3 Å². The zero-order valence-electron chi connectivity index (χ0n) is 13.8. The third-order valence-electron chi connectivity index (χ3n) is 4.22. The Morgan fingerprint density at radius 1 is 1.12 bits per heavy atom. The number of aromatic nitrogens is 3. The highest BCUT2D eigenvalue weighted by Crippen LogP contribution is 2.32. The van der Waals surface area contributed by atoms with Gasteiger partial charge < -0.3 is 10.8 Å². The Morgan fingerprint density at radius 2 is 1.92 bits per heavy atom. The zero-order valence-corrected chi connectivity index (χ0v) is 13.8. The average molecular weight is 341 g/mol. The van der Waals surface area contributed by atoms with E-state index < -0.39 is 0 Å². The molecule has 26 heavy (non-hydrogen) atoms. The number of rotatable bonds is 3. The van der Waals surface area contributed by atoms with E-state index in [0.29, 0.717) is 22.8 Å². The van der Waals surface area contributed by atoms with Gasteiger partial charge in [-0.3, -0.25) is 4.57 Å². The van der Waals surface area contributed by atoms with Crippen LogP contribution >= 0.6 is 0 Å². The molecule has 0 radical (unpaired) electrons. The summed E-state index contributed by atoms with van der Waals surface area (Å²) in [5, 5.41) is 9.29. The van der Waals surface area contributed by atoms with Gasteiger partial charge in [0.2, 0.25) is 0 Å². The first kappa shape index (κ1) is 15.8. The quantitative estimate of drug-likeness (QED) is 0.557. The first-order chi connectivity index (χ1) is 12.7. The van der Waals surface area contributed by atoms with Crippen molar-refractivity contribution in [3.63, 3.8) is 0 Å². The number of nitrogens with two attached hydrogens (primary N) is 1. The number of benzene rings is 2. The molecule has 126 valence electrons. The van der Waals surface area contributed by atoms with Crippen LogP contribution in [0, 0.1) is 6.57 Å². The molecule has 3 N–H and O–H groups in total. The van der Waals surface area contributed by atoms with Crippen LogP contribution in [0.15, 0.2) is 60.8 Å². The van der Waals surface area contributed by atoms with E-state index in [1.807, 2.05) is 47.0 Å². The van der Waals surface area contributed by atoms with Crippen molar-refractivity contribution < 1.29 is 5.11 Å². The van der Waals surface area contributed by atoms with Gasteiger partial charge in [0, 0.05) is 11.9 Å². The van der Waals surface area contributed by atoms with Crippen LogP contribution in [0.2, 0.25) is 0 Å². The smallest absolute Gasteiger partial charge is 0.189 e. The number of anilines is 1. The number of nitrogen functional groups attached to an aromatic ring is 1. The third kappa shape index (κ3) is 2.57. The van der Waals surface area contributed by atoms with Gasteiger partial charge in [-0.15, -0.1) is 0 Å². The molecule has 4 aromatic rings. The molecule has 0 aliphatic rings. The summed E-state index contributed by atoms with van der Waals surface area (Å²) >= 11 is 0. The van der Waals surface area contributed by atoms with Crippen molar-refractivity contribution >= 4 is 22.5 Å². The standard InChI is InChI=1S/C20H15N5O/c1-22-14-6-9-18-17(11-14)24-20(16-3-2-10-23-19(16)21)25(18)15-7-4-13(12-26)5-8-15/h2-11,26H,12H2,(H2,21,23). The molecule has 0 unspecified atom stereocenters. The fourth-order valence-corrected chi connectivity index (χ4v) is 2.94. The Balaban J connectivity index is 2.03. The van der Waals surface area contributed by atoms with Crippen LogP contribution in [0.5, 0.6) is 0 Å². The van der Waals surface area contributed by atoms with Gasteiger partial charge in [-0.1, -0.05) is 18.2 Å². The van der Waals surface area contributed by atoms with Crippen LogP contribution in [-0.4, -0.2) is 19.6 Å². The van der Waals surface area contributed by atoms with E-state index in [2.05, 4.69) is 9.83 Å². The van der Waals surface area contributed by atoms with Crippen LogP contribution in [0.25, 0.3) is 33.0 Å². The molecule has 2 heterocycles. The fraction of sp³-hybridized carbons (Fsp3) is 0.0500. The molecule has 0 amide bonds. The summed E-state index contributed by atoms with van der Waals surface area (Å²) < 4.78 is 1.98. The lowest BCUT2D eigenvalue weighted by molar-refractivity contribution is 0.282. The van der Waals surface area contributed by atoms with Gasteiger partial charge in [-0.2, -0.15) is 0 Å². The molecule has 6 nitrogen and oxygen atoms in total. The van der Waals surface area contributed by atoms with Gasteiger partial charge in [-0.25, -0.2) is 14.8 Å². The monoisotopic (exact) mass is 341 g/mol. The lowest BCUT2D eigenvalue weighted by atomic mass is 10.2. The molecule has 0 saturated carbocycles. The maximum atomic E-state index is 9.29. The van der Waals surface area contributed by atoms with E-state index in [9.17, 15) is 5.11 Å². The summed E-state index contributed by atoms with van der Waals surface area (Å²) in [6.07, 6.45) is 1.64. The molecule has 6 heteroatoms. The molecule has 0 fully saturated rings. The van der Waals surface area contributed by atoms with Crippen LogP contribution in [0.4, 0.5) is 11.5 Å². The van der Waals surface area contributed by atoms with Crippen molar-refractivity contribution in [3.05, 3.63) is 77.8 Å². The van der Waals surface area contributed by atoms with Crippen LogP contribution in [-0.2, 0) is 6.61 Å². The lowest BCUT2D eigenvalue weighted by Gasteiger charge is -2.11. The number of hydrogen-bond acceptors (Lipinski definition) is 4. The minimum Gasteiger partial charge on any atom is -0.392 e. The zero-order chi connectivity index (χ0) is 18.1. The Labute approximate surface area is 150 Å². The summed E-state index contributed by atoms with van der Waals surface area (Å²) in [6, 6.07) is 16.7. The minimum atomic E-state index is -0.0122. The Morgan fingerprint density at radius 3 is 2.62 bits per heavy atom. The van der Waals surface area contributed by atoms with E-state index >= 15 is 0 Å². The Kier molecular flexibility index (Phi) is 3.84. The number of imidazole rings is 1. The summed E-state index contributed by atoms with van der Waals surface area (Å²) in [4.78, 5) is 12.4. The first-order valence-electron chi connectivity index (χ1n) is 8.02. The molecule has 0 aliphatic carbocycles. The second-order valence-corrected chi connectivity index (χ2v) is 5.82. The molecule has 0 aliphatic heterocycles. The SMILES string of the molecule is [C-]#[N+]c1ccc2c(c1)nc(-c1cccnc1N)n2-c1ccc(CO)cc1. The summed E-state index contributed by atoms with van der Waals surface area (Å²) in [7, 11) is 0. The van der Waals surface area contributed by atoms with Gasteiger partial charge in [0.15, 0.2) is 5.69 Å². The second-order valence-electron chi connectivity index (χ2n) is 5.82. The number of hydrogen-bond donors (Lipinski definition) is 2. The van der Waals surface area contributed by atoms with Crippen LogP contribution in [0.3, 0.4) is 0 Å². The maximum Gasteiger partial charge on any atom is 0.189 e. The predicted octanol–water partition coefficient (Wildman–Crippen LogP) is 3.71. The Hall–Kier alpha value is -3.69. The molecule has 0 spiro atoms. The molecular weight excluding hydrogens is 326 g/mol. The largest absolute Gasteiger partial charge is 0.392 e. The van der Waals surface area contributed by atoms with Crippen molar-refractivity contribution in [3.8, 4) is 17.1 Å². The normalized spacial score (nSPS) is 10.8. The Bertz CT molecular complexity index is 1140. The number of aliphatic hydroxyl groups is 1. The highest BCUT2D eigenvalue weighted by Gasteiger charge is 2.17. The van der Waals surface area contributed by atoms with Gasteiger partial charge in [0.1, 0.15) is 11.6 Å². The fourth-order valence-electron chi connectivity index (χ4n) is 2.94. The molecule has 0 saturated heterocycles. The molecule has 0 bridgehead atoms. The van der Waals surface area contributed by atoms with Crippen LogP contribution in [0.1, 0.15) is 5.56 Å². The number of fused-ring (bicyclic) bond motifs is 1. The number of pyridine rings is 1. The highest BCUT2D eigenvalue weighted by molar-refractivity contribution is 5.87.